The first-order valence-electron chi connectivity index (χ1n) is 7.41. The Kier molecular flexibility index (Phi) is 8.10. The fourth-order valence-electron chi connectivity index (χ4n) is 2.19. The third-order valence-electron chi connectivity index (χ3n) is 3.14. The summed E-state index contributed by atoms with van der Waals surface area (Å²) in [4.78, 5) is 0. The molecule has 0 aromatic carbocycles. The fourth-order valence-corrected chi connectivity index (χ4v) is 2.19. The molecule has 0 bridgehead atoms. The molecule has 0 aromatic rings. The van der Waals surface area contributed by atoms with Crippen LogP contribution in [0.5, 0.6) is 0 Å². The van der Waals surface area contributed by atoms with Crippen molar-refractivity contribution < 1.29 is 14.2 Å². The van der Waals surface area contributed by atoms with Gasteiger partial charge in [-0.05, 0) is 32.8 Å². The molecule has 0 unspecified atom stereocenters. The van der Waals surface area contributed by atoms with Gasteiger partial charge in [0.05, 0.1) is 12.7 Å². The average molecular weight is 256 g/mol. The SMILES string of the molecule is CCCCCC[C@H]1CC=C(OCC)[C@H](OCC)O1. The Morgan fingerprint density at radius 2 is 2.00 bits per heavy atom. The molecule has 0 saturated heterocycles. The van der Waals surface area contributed by atoms with Crippen molar-refractivity contribution in [3.63, 3.8) is 0 Å². The van der Waals surface area contributed by atoms with Gasteiger partial charge in [0.25, 0.3) is 0 Å². The van der Waals surface area contributed by atoms with E-state index in [0.29, 0.717) is 19.3 Å². The average Bonchev–Trinajstić information content (AvgIpc) is 2.38. The summed E-state index contributed by atoms with van der Waals surface area (Å²) in [7, 11) is 0. The molecule has 3 nitrogen and oxygen atoms in total. The van der Waals surface area contributed by atoms with Crippen LogP contribution in [-0.4, -0.2) is 25.6 Å². The second-order valence-electron chi connectivity index (χ2n) is 4.67. The summed E-state index contributed by atoms with van der Waals surface area (Å²) in [6.45, 7) is 7.52. The monoisotopic (exact) mass is 256 g/mol. The third kappa shape index (κ3) is 5.40. The van der Waals surface area contributed by atoms with Gasteiger partial charge in [-0.1, -0.05) is 32.6 Å². The van der Waals surface area contributed by atoms with Crippen molar-refractivity contribution in [1.29, 1.82) is 0 Å². The molecule has 0 fully saturated rings. The van der Waals surface area contributed by atoms with Crippen LogP contribution in [0.2, 0.25) is 0 Å². The van der Waals surface area contributed by atoms with Gasteiger partial charge in [0, 0.05) is 6.61 Å². The Balaban J connectivity index is 2.36. The van der Waals surface area contributed by atoms with Crippen molar-refractivity contribution in [3.05, 3.63) is 11.8 Å². The standard InChI is InChI=1S/C15H28O3/c1-4-7-8-9-10-13-11-12-14(16-5-2)15(18-13)17-6-3/h12-13,15H,4-11H2,1-3H3/t13-,15+/m0/s1. The van der Waals surface area contributed by atoms with Crippen LogP contribution in [0.1, 0.15) is 59.3 Å². The van der Waals surface area contributed by atoms with Crippen molar-refractivity contribution in [3.8, 4) is 0 Å². The van der Waals surface area contributed by atoms with Crippen LogP contribution in [-0.2, 0) is 14.2 Å². The smallest absolute Gasteiger partial charge is 0.216 e. The number of hydrogen-bond acceptors (Lipinski definition) is 3. The molecule has 0 radical (unpaired) electrons. The Morgan fingerprint density at radius 3 is 2.67 bits per heavy atom. The van der Waals surface area contributed by atoms with E-state index in [1.807, 2.05) is 13.8 Å². The molecule has 0 spiro atoms. The highest BCUT2D eigenvalue weighted by atomic mass is 16.7. The predicted molar refractivity (Wildman–Crippen MR) is 73.4 cm³/mol. The van der Waals surface area contributed by atoms with E-state index in [1.54, 1.807) is 0 Å². The fraction of sp³-hybridized carbons (Fsp3) is 0.867. The molecule has 0 N–H and O–H groups in total. The van der Waals surface area contributed by atoms with E-state index < -0.39 is 0 Å². The van der Waals surface area contributed by atoms with Gasteiger partial charge >= 0.3 is 0 Å². The highest BCUT2D eigenvalue weighted by Crippen LogP contribution is 2.24. The summed E-state index contributed by atoms with van der Waals surface area (Å²) in [6, 6.07) is 0. The molecule has 1 rings (SSSR count). The normalized spacial score (nSPS) is 23.8. The van der Waals surface area contributed by atoms with Gasteiger partial charge in [0.1, 0.15) is 5.76 Å². The molecule has 1 heterocycles. The number of unbranched alkanes of at least 4 members (excludes halogenated alkanes) is 3. The molecular weight excluding hydrogens is 228 g/mol. The Labute approximate surface area is 111 Å². The summed E-state index contributed by atoms with van der Waals surface area (Å²) in [6.07, 6.45) is 9.36. The minimum Gasteiger partial charge on any atom is -0.493 e. The molecule has 106 valence electrons. The minimum atomic E-state index is -0.292. The van der Waals surface area contributed by atoms with Crippen LogP contribution in [0.3, 0.4) is 0 Å². The van der Waals surface area contributed by atoms with Gasteiger partial charge in [-0.15, -0.1) is 0 Å². The first kappa shape index (κ1) is 15.5. The molecule has 0 amide bonds. The van der Waals surface area contributed by atoms with Gasteiger partial charge in [-0.25, -0.2) is 0 Å². The topological polar surface area (TPSA) is 27.7 Å². The Bertz CT molecular complexity index is 238. The van der Waals surface area contributed by atoms with E-state index in [1.165, 1.54) is 25.7 Å². The van der Waals surface area contributed by atoms with Gasteiger partial charge in [0.2, 0.25) is 6.29 Å². The predicted octanol–water partition coefficient (Wildman–Crippen LogP) is 4.03. The summed E-state index contributed by atoms with van der Waals surface area (Å²) in [5, 5.41) is 0. The number of hydrogen-bond donors (Lipinski definition) is 0. The Hall–Kier alpha value is -0.540. The number of rotatable bonds is 9. The van der Waals surface area contributed by atoms with E-state index in [0.717, 1.165) is 18.6 Å². The van der Waals surface area contributed by atoms with Crippen LogP contribution >= 0.6 is 0 Å². The van der Waals surface area contributed by atoms with Crippen LogP contribution < -0.4 is 0 Å². The second kappa shape index (κ2) is 9.40. The van der Waals surface area contributed by atoms with Crippen LogP contribution in [0.25, 0.3) is 0 Å². The zero-order valence-electron chi connectivity index (χ0n) is 12.1. The third-order valence-corrected chi connectivity index (χ3v) is 3.14. The molecule has 2 atom stereocenters. The Morgan fingerprint density at radius 1 is 1.17 bits per heavy atom. The van der Waals surface area contributed by atoms with Crippen molar-refractivity contribution in [2.24, 2.45) is 0 Å². The lowest BCUT2D eigenvalue weighted by Gasteiger charge is -2.30. The summed E-state index contributed by atoms with van der Waals surface area (Å²) >= 11 is 0. The largest absolute Gasteiger partial charge is 0.493 e. The molecular formula is C15H28O3. The van der Waals surface area contributed by atoms with E-state index in [4.69, 9.17) is 14.2 Å². The molecule has 0 saturated carbocycles. The van der Waals surface area contributed by atoms with Gasteiger partial charge in [-0.3, -0.25) is 0 Å². The maximum absolute atomic E-state index is 5.96. The molecule has 1 aliphatic heterocycles. The van der Waals surface area contributed by atoms with Gasteiger partial charge < -0.3 is 14.2 Å². The van der Waals surface area contributed by atoms with Crippen LogP contribution in [0, 0.1) is 0 Å². The van der Waals surface area contributed by atoms with Crippen molar-refractivity contribution in [1.82, 2.24) is 0 Å². The molecule has 3 heteroatoms. The van der Waals surface area contributed by atoms with E-state index in [-0.39, 0.29) is 6.29 Å². The lowest BCUT2D eigenvalue weighted by molar-refractivity contribution is -0.175. The molecule has 0 aromatic heterocycles. The first-order chi connectivity index (χ1) is 8.81. The summed E-state index contributed by atoms with van der Waals surface area (Å²) < 4.78 is 17.1. The lowest BCUT2D eigenvalue weighted by atomic mass is 10.0. The van der Waals surface area contributed by atoms with E-state index >= 15 is 0 Å². The first-order valence-corrected chi connectivity index (χ1v) is 7.41. The zero-order valence-corrected chi connectivity index (χ0v) is 12.1. The minimum absolute atomic E-state index is 0.292. The summed E-state index contributed by atoms with van der Waals surface area (Å²) in [5.74, 6) is 0.851. The van der Waals surface area contributed by atoms with Crippen molar-refractivity contribution in [2.75, 3.05) is 13.2 Å². The van der Waals surface area contributed by atoms with Crippen molar-refractivity contribution in [2.45, 2.75) is 71.7 Å². The van der Waals surface area contributed by atoms with Crippen LogP contribution in [0.15, 0.2) is 11.8 Å². The van der Waals surface area contributed by atoms with Crippen molar-refractivity contribution >= 4 is 0 Å². The number of ether oxygens (including phenoxy) is 3. The van der Waals surface area contributed by atoms with E-state index in [9.17, 15) is 0 Å². The lowest BCUT2D eigenvalue weighted by Crippen LogP contribution is -2.31. The highest BCUT2D eigenvalue weighted by molar-refractivity contribution is 5.02. The summed E-state index contributed by atoms with van der Waals surface area (Å²) in [5.41, 5.74) is 0. The van der Waals surface area contributed by atoms with Crippen LogP contribution in [0.4, 0.5) is 0 Å². The maximum atomic E-state index is 5.96. The highest BCUT2D eigenvalue weighted by Gasteiger charge is 2.25. The maximum Gasteiger partial charge on any atom is 0.216 e. The molecule has 1 aliphatic rings. The quantitative estimate of drug-likeness (QED) is 0.583. The van der Waals surface area contributed by atoms with Gasteiger partial charge in [0.15, 0.2) is 0 Å². The van der Waals surface area contributed by atoms with Gasteiger partial charge in [-0.2, -0.15) is 0 Å². The molecule has 18 heavy (non-hydrogen) atoms. The molecule has 0 aliphatic carbocycles. The van der Waals surface area contributed by atoms with E-state index in [2.05, 4.69) is 13.0 Å². The zero-order chi connectivity index (χ0) is 13.2. The second-order valence-corrected chi connectivity index (χ2v) is 4.67.